The molecule has 0 aromatic carbocycles. The summed E-state index contributed by atoms with van der Waals surface area (Å²) in [6.45, 7) is -2.16. The highest BCUT2D eigenvalue weighted by Gasteiger charge is 2.69. The van der Waals surface area contributed by atoms with Crippen LogP contribution in [0.15, 0.2) is 0 Å². The van der Waals surface area contributed by atoms with Gasteiger partial charge in [0.1, 0.15) is 42.7 Å². The molecule has 24 heavy (non-hydrogen) atoms. The monoisotopic (exact) mass is 356 g/mol. The van der Waals surface area contributed by atoms with Gasteiger partial charge in [-0.1, -0.05) is 0 Å². The first-order chi connectivity index (χ1) is 11.2. The molecule has 11 heteroatoms. The molecule has 0 saturated carbocycles. The molecular weight excluding hydrogens is 332 g/mol. The largest absolute Gasteiger partial charge is 0.394 e. The summed E-state index contributed by atoms with van der Waals surface area (Å²) in [6.07, 6.45) is -12.0. The van der Waals surface area contributed by atoms with Crippen molar-refractivity contribution in [2.45, 2.75) is 54.1 Å². The van der Waals surface area contributed by atoms with E-state index in [9.17, 15) is 35.7 Å². The van der Waals surface area contributed by atoms with E-state index in [0.29, 0.717) is 0 Å². The summed E-state index contributed by atoms with van der Waals surface area (Å²) in [7, 11) is 0.997. The Labute approximate surface area is 137 Å². The summed E-state index contributed by atoms with van der Waals surface area (Å²) in [5, 5.41) is 79.7. The van der Waals surface area contributed by atoms with Gasteiger partial charge in [0.2, 0.25) is 5.79 Å². The van der Waals surface area contributed by atoms with E-state index in [1.54, 1.807) is 0 Å². The number of aliphatic hydroxyl groups excluding tert-OH is 7. The van der Waals surface area contributed by atoms with Gasteiger partial charge in [0.25, 0.3) is 0 Å². The predicted octanol–water partition coefficient (Wildman–Crippen LogP) is -5.35. The maximum Gasteiger partial charge on any atom is 0.232 e. The molecule has 9 atom stereocenters. The Morgan fingerprint density at radius 2 is 1.50 bits per heavy atom. The molecule has 0 radical (unpaired) electrons. The van der Waals surface area contributed by atoms with Crippen LogP contribution in [0.4, 0.5) is 0 Å². The van der Waals surface area contributed by atoms with Gasteiger partial charge in [0.15, 0.2) is 5.60 Å². The van der Waals surface area contributed by atoms with Crippen LogP contribution in [-0.2, 0) is 14.2 Å². The van der Waals surface area contributed by atoms with E-state index in [4.69, 9.17) is 19.3 Å². The second kappa shape index (κ2) is 7.05. The minimum absolute atomic E-state index is 0.641. The third kappa shape index (κ3) is 2.66. The fraction of sp³-hybridized carbons (Fsp3) is 1.00. The lowest BCUT2D eigenvalue weighted by molar-refractivity contribution is -0.436. The highest BCUT2D eigenvalue weighted by Crippen LogP contribution is 2.43. The van der Waals surface area contributed by atoms with Crippen molar-refractivity contribution in [2.75, 3.05) is 26.9 Å². The number of methoxy groups -OCH3 is 1. The summed E-state index contributed by atoms with van der Waals surface area (Å²) in [5.74, 6) is -2.53. The summed E-state index contributed by atoms with van der Waals surface area (Å²) in [5.41, 5.74) is -2.58. The van der Waals surface area contributed by atoms with Crippen LogP contribution in [0, 0.1) is 0 Å². The van der Waals surface area contributed by atoms with Crippen molar-refractivity contribution in [3.63, 3.8) is 0 Å². The SMILES string of the molecule is CO[C@@]1([C@]2(O)CO[C@H](CO)[C@@H](O)[C@@H]2O)O[C@H](CO)[C@@H](O)[C@H](O)[C@H]1O. The quantitative estimate of drug-likeness (QED) is 0.240. The van der Waals surface area contributed by atoms with E-state index in [-0.39, 0.29) is 0 Å². The average Bonchev–Trinajstić information content (AvgIpc) is 2.58. The summed E-state index contributed by atoms with van der Waals surface area (Å²) in [6, 6.07) is 0. The minimum Gasteiger partial charge on any atom is -0.394 e. The fourth-order valence-corrected chi connectivity index (χ4v) is 3.22. The number of aliphatic hydroxyl groups is 8. The molecule has 0 bridgehead atoms. The van der Waals surface area contributed by atoms with Crippen molar-refractivity contribution in [1.29, 1.82) is 0 Å². The van der Waals surface area contributed by atoms with Crippen LogP contribution in [-0.4, -0.2) is 122 Å². The predicted molar refractivity (Wildman–Crippen MR) is 73.5 cm³/mol. The van der Waals surface area contributed by atoms with Gasteiger partial charge in [-0.2, -0.15) is 0 Å². The first-order valence-electron chi connectivity index (χ1n) is 7.39. The zero-order valence-electron chi connectivity index (χ0n) is 13.0. The van der Waals surface area contributed by atoms with E-state index >= 15 is 0 Å². The lowest BCUT2D eigenvalue weighted by Crippen LogP contribution is -2.81. The summed E-state index contributed by atoms with van der Waals surface area (Å²) in [4.78, 5) is 0. The zero-order valence-corrected chi connectivity index (χ0v) is 13.0. The third-order valence-electron chi connectivity index (χ3n) is 4.75. The van der Waals surface area contributed by atoms with Gasteiger partial charge in [-0.25, -0.2) is 0 Å². The van der Waals surface area contributed by atoms with Gasteiger partial charge in [-0.15, -0.1) is 0 Å². The highest BCUT2D eigenvalue weighted by atomic mass is 16.7. The molecule has 142 valence electrons. The van der Waals surface area contributed by atoms with Crippen LogP contribution < -0.4 is 0 Å². The molecule has 0 aromatic heterocycles. The van der Waals surface area contributed by atoms with Gasteiger partial charge in [-0.3, -0.25) is 0 Å². The molecule has 2 aliphatic rings. The Hall–Kier alpha value is -0.440. The molecule has 0 aliphatic carbocycles. The van der Waals surface area contributed by atoms with Crippen molar-refractivity contribution >= 4 is 0 Å². The van der Waals surface area contributed by atoms with Crippen LogP contribution in [0.5, 0.6) is 0 Å². The van der Waals surface area contributed by atoms with Crippen LogP contribution in [0.1, 0.15) is 0 Å². The van der Waals surface area contributed by atoms with Gasteiger partial charge in [-0.05, 0) is 0 Å². The molecule has 2 fully saturated rings. The normalized spacial score (nSPS) is 53.1. The topological polar surface area (TPSA) is 190 Å². The van der Waals surface area contributed by atoms with Crippen LogP contribution >= 0.6 is 0 Å². The Morgan fingerprint density at radius 3 is 2.00 bits per heavy atom. The molecular formula is C13H24O11. The second-order valence-electron chi connectivity index (χ2n) is 6.03. The first-order valence-corrected chi connectivity index (χ1v) is 7.39. The number of hydrogen-bond donors (Lipinski definition) is 8. The Balaban J connectivity index is 2.44. The number of hydrogen-bond acceptors (Lipinski definition) is 11. The molecule has 8 N–H and O–H groups in total. The molecule has 2 rings (SSSR count). The van der Waals surface area contributed by atoms with E-state index in [0.717, 1.165) is 7.11 Å². The van der Waals surface area contributed by atoms with E-state index < -0.39 is 73.9 Å². The van der Waals surface area contributed by atoms with Crippen molar-refractivity contribution in [2.24, 2.45) is 0 Å². The van der Waals surface area contributed by atoms with Gasteiger partial charge in [0, 0.05) is 7.11 Å². The maximum absolute atomic E-state index is 10.9. The average molecular weight is 356 g/mol. The van der Waals surface area contributed by atoms with E-state index in [1.807, 2.05) is 0 Å². The number of rotatable bonds is 4. The van der Waals surface area contributed by atoms with Gasteiger partial charge in [0.05, 0.1) is 19.8 Å². The molecule has 11 nitrogen and oxygen atoms in total. The Kier molecular flexibility index (Phi) is 5.84. The van der Waals surface area contributed by atoms with Crippen molar-refractivity contribution < 1.29 is 55.1 Å². The van der Waals surface area contributed by atoms with Crippen molar-refractivity contribution in [3.8, 4) is 0 Å². The Bertz CT molecular complexity index is 434. The third-order valence-corrected chi connectivity index (χ3v) is 4.75. The van der Waals surface area contributed by atoms with Crippen LogP contribution in [0.25, 0.3) is 0 Å². The molecule has 2 heterocycles. The first kappa shape index (κ1) is 19.9. The van der Waals surface area contributed by atoms with Crippen molar-refractivity contribution in [3.05, 3.63) is 0 Å². The smallest absolute Gasteiger partial charge is 0.232 e. The molecule has 0 aromatic rings. The van der Waals surface area contributed by atoms with Gasteiger partial charge < -0.3 is 55.1 Å². The highest BCUT2D eigenvalue weighted by molar-refractivity contribution is 5.13. The fourth-order valence-electron chi connectivity index (χ4n) is 3.22. The number of ether oxygens (including phenoxy) is 3. The van der Waals surface area contributed by atoms with Crippen LogP contribution in [0.2, 0.25) is 0 Å². The summed E-state index contributed by atoms with van der Waals surface area (Å²) >= 11 is 0. The summed E-state index contributed by atoms with van der Waals surface area (Å²) < 4.78 is 15.5. The van der Waals surface area contributed by atoms with Crippen LogP contribution in [0.3, 0.4) is 0 Å². The lowest BCUT2D eigenvalue weighted by Gasteiger charge is -2.57. The second-order valence-corrected chi connectivity index (χ2v) is 6.03. The molecule has 0 unspecified atom stereocenters. The molecule has 0 amide bonds. The van der Waals surface area contributed by atoms with Crippen molar-refractivity contribution in [1.82, 2.24) is 0 Å². The molecule has 2 saturated heterocycles. The standard InChI is InChI=1S/C13H24O11/c1-22-13(11(20)9(18)7(16)6(3-15)24-13)12(21)4-23-5(2-14)8(17)10(12)19/h5-11,14-21H,2-4H2,1H3/t5-,6-,7-,8-,9+,10+,11-,12+,13-/m1/s1. The molecule has 0 spiro atoms. The maximum atomic E-state index is 10.9. The minimum atomic E-state index is -2.58. The lowest BCUT2D eigenvalue weighted by atomic mass is 9.75. The molecule has 2 aliphatic heterocycles. The zero-order chi connectivity index (χ0) is 18.3. The van der Waals surface area contributed by atoms with E-state index in [2.05, 4.69) is 0 Å². The van der Waals surface area contributed by atoms with Gasteiger partial charge >= 0.3 is 0 Å². The Morgan fingerprint density at radius 1 is 0.917 bits per heavy atom. The van der Waals surface area contributed by atoms with E-state index in [1.165, 1.54) is 0 Å².